The van der Waals surface area contributed by atoms with Crippen molar-refractivity contribution in [1.82, 2.24) is 5.32 Å². The first-order chi connectivity index (χ1) is 18.2. The number of amides is 1. The highest BCUT2D eigenvalue weighted by Crippen LogP contribution is 2.08. The summed E-state index contributed by atoms with van der Waals surface area (Å²) in [6.45, 7) is 4.19. The quantitative estimate of drug-likeness (QED) is 0.0702. The summed E-state index contributed by atoms with van der Waals surface area (Å²) >= 11 is 0. The molecule has 1 amide bonds. The third-order valence-electron chi connectivity index (χ3n) is 5.86. The molecule has 0 spiro atoms. The standard InChI is InChI=1S/C30H51NO6S/c1-3-5-7-9-11-13-14-15-17-19-21-23-25-29(33)30(34)31-27(26-38(35,36)37)28(32)24-22-20-18-16-12-10-8-6-4-2/h4,6,12,15-17,21-24,27-29,32-33H,3,5,7-11,13-14,18-20,25-26H2,1-2H3,(H,31,34)(H,35,36,37)/b6-4+,16-12+,17-15-,23-21-,24-22+. The van der Waals surface area contributed by atoms with Crippen LogP contribution in [0.2, 0.25) is 0 Å². The van der Waals surface area contributed by atoms with Crippen LogP contribution >= 0.6 is 0 Å². The fraction of sp³-hybridized carbons (Fsp3) is 0.633. The fourth-order valence-electron chi connectivity index (χ4n) is 3.65. The lowest BCUT2D eigenvalue weighted by Gasteiger charge is -2.22. The molecular weight excluding hydrogens is 502 g/mol. The van der Waals surface area contributed by atoms with E-state index < -0.39 is 40.0 Å². The van der Waals surface area contributed by atoms with E-state index in [2.05, 4.69) is 36.5 Å². The first-order valence-electron chi connectivity index (χ1n) is 14.1. The topological polar surface area (TPSA) is 124 Å². The minimum Gasteiger partial charge on any atom is -0.387 e. The zero-order chi connectivity index (χ0) is 28.5. The largest absolute Gasteiger partial charge is 0.387 e. The maximum absolute atomic E-state index is 12.4. The molecule has 0 aromatic heterocycles. The van der Waals surface area contributed by atoms with E-state index in [0.29, 0.717) is 12.8 Å². The zero-order valence-electron chi connectivity index (χ0n) is 23.4. The van der Waals surface area contributed by atoms with Crippen molar-refractivity contribution in [2.24, 2.45) is 0 Å². The van der Waals surface area contributed by atoms with E-state index in [1.807, 2.05) is 25.2 Å². The molecule has 0 aliphatic carbocycles. The monoisotopic (exact) mass is 553 g/mol. The van der Waals surface area contributed by atoms with Crippen LogP contribution in [0.5, 0.6) is 0 Å². The highest BCUT2D eigenvalue weighted by atomic mass is 32.2. The Balaban J connectivity index is 4.49. The Morgan fingerprint density at radius 1 is 0.789 bits per heavy atom. The zero-order valence-corrected chi connectivity index (χ0v) is 24.2. The second kappa shape index (κ2) is 24.1. The molecule has 3 unspecified atom stereocenters. The molecule has 0 fully saturated rings. The van der Waals surface area contributed by atoms with Gasteiger partial charge in [-0.25, -0.2) is 0 Å². The van der Waals surface area contributed by atoms with Gasteiger partial charge >= 0.3 is 0 Å². The molecule has 38 heavy (non-hydrogen) atoms. The van der Waals surface area contributed by atoms with Crippen LogP contribution in [0.4, 0.5) is 0 Å². The lowest BCUT2D eigenvalue weighted by molar-refractivity contribution is -0.130. The number of hydrogen-bond acceptors (Lipinski definition) is 5. The lowest BCUT2D eigenvalue weighted by atomic mass is 10.1. The van der Waals surface area contributed by atoms with Crippen molar-refractivity contribution in [1.29, 1.82) is 0 Å². The van der Waals surface area contributed by atoms with Crippen LogP contribution in [-0.2, 0) is 14.9 Å². The Kier molecular flexibility index (Phi) is 22.8. The predicted octanol–water partition coefficient (Wildman–Crippen LogP) is 5.97. The normalized spacial score (nSPS) is 15.4. The van der Waals surface area contributed by atoms with Gasteiger partial charge in [-0.3, -0.25) is 9.35 Å². The van der Waals surface area contributed by atoms with Gasteiger partial charge < -0.3 is 15.5 Å². The summed E-state index contributed by atoms with van der Waals surface area (Å²) in [5, 5.41) is 22.9. The molecule has 8 heteroatoms. The van der Waals surface area contributed by atoms with Gasteiger partial charge in [0.2, 0.25) is 5.91 Å². The SMILES string of the molecule is C/C=C/CC/C=C/CC/C=C/C(O)C(CS(=O)(=O)O)NC(=O)C(O)C/C=C\C/C=C\CCCCCCCC. The summed E-state index contributed by atoms with van der Waals surface area (Å²) in [6, 6.07) is -1.28. The van der Waals surface area contributed by atoms with E-state index in [1.165, 1.54) is 44.6 Å². The molecule has 0 aliphatic heterocycles. The third kappa shape index (κ3) is 23.1. The van der Waals surface area contributed by atoms with Crippen molar-refractivity contribution in [3.63, 3.8) is 0 Å². The van der Waals surface area contributed by atoms with Crippen molar-refractivity contribution in [3.8, 4) is 0 Å². The van der Waals surface area contributed by atoms with Crippen LogP contribution in [0, 0.1) is 0 Å². The van der Waals surface area contributed by atoms with Crippen LogP contribution < -0.4 is 5.32 Å². The van der Waals surface area contributed by atoms with Crippen LogP contribution in [0.25, 0.3) is 0 Å². The molecule has 3 atom stereocenters. The first kappa shape index (κ1) is 36.0. The summed E-state index contributed by atoms with van der Waals surface area (Å²) in [7, 11) is -4.46. The Morgan fingerprint density at radius 3 is 2.03 bits per heavy atom. The molecule has 4 N–H and O–H groups in total. The van der Waals surface area contributed by atoms with Crippen molar-refractivity contribution < 1.29 is 28.0 Å². The Morgan fingerprint density at radius 2 is 1.37 bits per heavy atom. The summed E-state index contributed by atoms with van der Waals surface area (Å²) in [5.41, 5.74) is 0. The molecule has 218 valence electrons. The second-order valence-corrected chi connectivity index (χ2v) is 11.0. The van der Waals surface area contributed by atoms with E-state index in [9.17, 15) is 28.0 Å². The van der Waals surface area contributed by atoms with Gasteiger partial charge in [0.25, 0.3) is 10.1 Å². The van der Waals surface area contributed by atoms with Gasteiger partial charge in [-0.1, -0.05) is 99.8 Å². The van der Waals surface area contributed by atoms with Crippen molar-refractivity contribution in [2.75, 3.05) is 5.75 Å². The molecule has 0 rings (SSSR count). The molecule has 0 saturated carbocycles. The minimum atomic E-state index is -4.46. The van der Waals surface area contributed by atoms with E-state index >= 15 is 0 Å². The van der Waals surface area contributed by atoms with E-state index in [0.717, 1.165) is 25.7 Å². The van der Waals surface area contributed by atoms with Crippen molar-refractivity contribution in [3.05, 3.63) is 60.8 Å². The number of allylic oxidation sites excluding steroid dienone is 8. The number of rotatable bonds is 23. The molecular formula is C30H51NO6S. The van der Waals surface area contributed by atoms with Gasteiger partial charge in [-0.15, -0.1) is 0 Å². The summed E-state index contributed by atoms with van der Waals surface area (Å²) in [5.74, 6) is -1.67. The molecule has 0 aliphatic rings. The smallest absolute Gasteiger partial charge is 0.267 e. The summed E-state index contributed by atoms with van der Waals surface area (Å²) < 4.78 is 32.0. The molecule has 0 heterocycles. The maximum atomic E-state index is 12.4. The maximum Gasteiger partial charge on any atom is 0.267 e. The number of unbranched alkanes of at least 4 members (excludes halogenated alkanes) is 8. The van der Waals surface area contributed by atoms with Gasteiger partial charge in [-0.2, -0.15) is 8.42 Å². The third-order valence-corrected chi connectivity index (χ3v) is 6.64. The van der Waals surface area contributed by atoms with Crippen molar-refractivity contribution >= 4 is 16.0 Å². The number of aliphatic hydroxyl groups is 2. The number of hydrogen-bond donors (Lipinski definition) is 4. The molecule has 0 aromatic rings. The predicted molar refractivity (Wildman–Crippen MR) is 157 cm³/mol. The van der Waals surface area contributed by atoms with Crippen molar-refractivity contribution in [2.45, 2.75) is 116 Å². The first-order valence-corrected chi connectivity index (χ1v) is 15.7. The highest BCUT2D eigenvalue weighted by Gasteiger charge is 2.27. The lowest BCUT2D eigenvalue weighted by Crippen LogP contribution is -2.50. The molecule has 0 aromatic carbocycles. The molecule has 7 nitrogen and oxygen atoms in total. The number of nitrogens with one attached hydrogen (secondary N) is 1. The summed E-state index contributed by atoms with van der Waals surface area (Å²) in [4.78, 5) is 12.4. The number of aliphatic hydroxyl groups excluding tert-OH is 2. The van der Waals surface area contributed by atoms with Gasteiger partial charge in [0, 0.05) is 6.42 Å². The Hall–Kier alpha value is -2.00. The minimum absolute atomic E-state index is 0.0576. The fourth-order valence-corrected chi connectivity index (χ4v) is 4.39. The van der Waals surface area contributed by atoms with E-state index in [4.69, 9.17) is 0 Å². The molecule has 0 radical (unpaired) electrons. The second-order valence-electron chi connectivity index (χ2n) is 9.46. The molecule has 0 bridgehead atoms. The Labute approximate surface area is 231 Å². The van der Waals surface area contributed by atoms with Gasteiger partial charge in [0.1, 0.15) is 6.10 Å². The van der Waals surface area contributed by atoms with Crippen LogP contribution in [0.1, 0.15) is 97.3 Å². The van der Waals surface area contributed by atoms with Crippen LogP contribution in [-0.4, -0.2) is 53.1 Å². The Bertz CT molecular complexity index is 845. The van der Waals surface area contributed by atoms with Crippen LogP contribution in [0.3, 0.4) is 0 Å². The van der Waals surface area contributed by atoms with Crippen LogP contribution in [0.15, 0.2) is 60.8 Å². The van der Waals surface area contributed by atoms with E-state index in [-0.39, 0.29) is 6.42 Å². The van der Waals surface area contributed by atoms with Gasteiger partial charge in [0.15, 0.2) is 0 Å². The molecule has 0 saturated heterocycles. The average Bonchev–Trinajstić information content (AvgIpc) is 2.86. The summed E-state index contributed by atoms with van der Waals surface area (Å²) in [6.07, 6.45) is 29.0. The number of carbonyl (C=O) groups excluding carboxylic acids is 1. The van der Waals surface area contributed by atoms with E-state index in [1.54, 1.807) is 12.2 Å². The van der Waals surface area contributed by atoms with Gasteiger partial charge in [-0.05, 0) is 51.9 Å². The average molecular weight is 554 g/mol. The highest BCUT2D eigenvalue weighted by molar-refractivity contribution is 7.85. The van der Waals surface area contributed by atoms with Gasteiger partial charge in [0.05, 0.1) is 17.9 Å². The number of carbonyl (C=O) groups is 1.